The normalized spacial score (nSPS) is 18.0. The van der Waals surface area contributed by atoms with Crippen LogP contribution in [0.4, 0.5) is 13.9 Å². The Morgan fingerprint density at radius 1 is 1.16 bits per heavy atom. The standard InChI is InChI=1S/C22H21F2N5OS2/c1-14(30)25-12-6-11-22(16-7-4-3-5-8-16)29(21-27-26-15(2)31-21)28-20(32-22)18-13-17(23)9-10-19(18)24/h3-5,7-10,13H,6,11-12H2,1-2H3,(H,25,30). The van der Waals surface area contributed by atoms with Crippen molar-refractivity contribution >= 4 is 39.2 Å². The number of hydrogen-bond donors (Lipinski definition) is 1. The zero-order chi connectivity index (χ0) is 22.7. The number of benzene rings is 2. The van der Waals surface area contributed by atoms with E-state index in [0.29, 0.717) is 29.6 Å². The fourth-order valence-corrected chi connectivity index (χ4v) is 5.70. The lowest BCUT2D eigenvalue weighted by atomic mass is 10.0. The lowest BCUT2D eigenvalue weighted by Crippen LogP contribution is -2.38. The van der Waals surface area contributed by atoms with Gasteiger partial charge in [-0.25, -0.2) is 13.8 Å². The quantitative estimate of drug-likeness (QED) is 0.499. The molecule has 1 aromatic heterocycles. The largest absolute Gasteiger partial charge is 0.356 e. The summed E-state index contributed by atoms with van der Waals surface area (Å²) in [5, 5.41) is 19.4. The number of nitrogens with zero attached hydrogens (tertiary/aromatic N) is 4. The summed E-state index contributed by atoms with van der Waals surface area (Å²) in [6.07, 6.45) is 1.22. The first kappa shape index (κ1) is 22.3. The first-order chi connectivity index (χ1) is 15.4. The molecule has 1 N–H and O–H groups in total. The molecule has 2 aromatic carbocycles. The lowest BCUT2D eigenvalue weighted by Gasteiger charge is -2.35. The molecule has 3 aromatic rings. The third kappa shape index (κ3) is 4.51. The van der Waals surface area contributed by atoms with Crippen molar-refractivity contribution < 1.29 is 13.6 Å². The molecule has 1 amide bonds. The van der Waals surface area contributed by atoms with Gasteiger partial charge < -0.3 is 5.32 Å². The van der Waals surface area contributed by atoms with Crippen LogP contribution in [0.2, 0.25) is 0 Å². The highest BCUT2D eigenvalue weighted by Crippen LogP contribution is 2.52. The minimum Gasteiger partial charge on any atom is -0.356 e. The van der Waals surface area contributed by atoms with Crippen LogP contribution in [-0.2, 0) is 9.67 Å². The number of carbonyl (C=O) groups is 1. The maximum Gasteiger partial charge on any atom is 0.230 e. The molecular weight excluding hydrogens is 452 g/mol. The van der Waals surface area contributed by atoms with Crippen molar-refractivity contribution in [3.8, 4) is 0 Å². The van der Waals surface area contributed by atoms with Gasteiger partial charge in [-0.05, 0) is 43.5 Å². The molecule has 6 nitrogen and oxygen atoms in total. The number of amides is 1. The van der Waals surface area contributed by atoms with E-state index in [2.05, 4.69) is 15.5 Å². The predicted octanol–water partition coefficient (Wildman–Crippen LogP) is 4.81. The molecule has 32 heavy (non-hydrogen) atoms. The van der Waals surface area contributed by atoms with Gasteiger partial charge in [0.05, 0.1) is 0 Å². The van der Waals surface area contributed by atoms with E-state index in [-0.39, 0.29) is 11.5 Å². The predicted molar refractivity (Wildman–Crippen MR) is 124 cm³/mol. The Morgan fingerprint density at radius 3 is 2.62 bits per heavy atom. The second-order valence-electron chi connectivity index (χ2n) is 7.28. The summed E-state index contributed by atoms with van der Waals surface area (Å²) in [6.45, 7) is 3.81. The molecule has 0 bridgehead atoms. The Morgan fingerprint density at radius 2 is 1.94 bits per heavy atom. The van der Waals surface area contributed by atoms with E-state index in [1.807, 2.05) is 37.3 Å². The topological polar surface area (TPSA) is 70.5 Å². The second-order valence-corrected chi connectivity index (χ2v) is 9.71. The van der Waals surface area contributed by atoms with Crippen LogP contribution in [0.3, 0.4) is 0 Å². The van der Waals surface area contributed by atoms with Crippen LogP contribution in [-0.4, -0.2) is 27.7 Å². The van der Waals surface area contributed by atoms with Crippen LogP contribution in [0, 0.1) is 18.6 Å². The summed E-state index contributed by atoms with van der Waals surface area (Å²) < 4.78 is 28.6. The molecule has 1 atom stereocenters. The Hall–Kier alpha value is -2.85. The Kier molecular flexibility index (Phi) is 6.52. The van der Waals surface area contributed by atoms with Crippen LogP contribution >= 0.6 is 23.1 Å². The first-order valence-electron chi connectivity index (χ1n) is 10.0. The van der Waals surface area contributed by atoms with Gasteiger partial charge in [0, 0.05) is 19.0 Å². The summed E-state index contributed by atoms with van der Waals surface area (Å²) in [6, 6.07) is 13.1. The zero-order valence-corrected chi connectivity index (χ0v) is 19.1. The molecule has 0 spiro atoms. The number of aromatic nitrogens is 2. The molecule has 4 rings (SSSR count). The van der Waals surface area contributed by atoms with E-state index in [1.54, 1.807) is 5.01 Å². The van der Waals surface area contributed by atoms with Gasteiger partial charge in [0.1, 0.15) is 26.6 Å². The molecule has 10 heteroatoms. The van der Waals surface area contributed by atoms with Gasteiger partial charge >= 0.3 is 0 Å². The van der Waals surface area contributed by atoms with E-state index >= 15 is 0 Å². The number of rotatable bonds is 7. The van der Waals surface area contributed by atoms with E-state index in [0.717, 1.165) is 28.8 Å². The summed E-state index contributed by atoms with van der Waals surface area (Å²) in [4.78, 5) is 10.6. The molecule has 0 aliphatic carbocycles. The van der Waals surface area contributed by atoms with Crippen LogP contribution in [0.1, 0.15) is 35.9 Å². The van der Waals surface area contributed by atoms with Gasteiger partial charge in [0.15, 0.2) is 0 Å². The highest BCUT2D eigenvalue weighted by atomic mass is 32.2. The van der Waals surface area contributed by atoms with E-state index < -0.39 is 16.5 Å². The smallest absolute Gasteiger partial charge is 0.230 e. The summed E-state index contributed by atoms with van der Waals surface area (Å²) >= 11 is 2.73. The van der Waals surface area contributed by atoms with E-state index in [1.165, 1.54) is 30.0 Å². The molecule has 0 fully saturated rings. The molecule has 0 saturated carbocycles. The molecule has 0 saturated heterocycles. The van der Waals surface area contributed by atoms with E-state index in [9.17, 15) is 13.6 Å². The monoisotopic (exact) mass is 473 g/mol. The van der Waals surface area contributed by atoms with Crippen molar-refractivity contribution in [3.05, 3.63) is 76.3 Å². The Labute approximate surface area is 192 Å². The highest BCUT2D eigenvalue weighted by Gasteiger charge is 2.47. The minimum atomic E-state index is -0.764. The van der Waals surface area contributed by atoms with Crippen LogP contribution < -0.4 is 10.3 Å². The van der Waals surface area contributed by atoms with Crippen LogP contribution in [0.25, 0.3) is 0 Å². The third-order valence-electron chi connectivity index (χ3n) is 4.95. The maximum absolute atomic E-state index is 14.7. The van der Waals surface area contributed by atoms with Gasteiger partial charge in [-0.2, -0.15) is 5.10 Å². The maximum atomic E-state index is 14.7. The number of anilines is 1. The molecule has 166 valence electrons. The summed E-state index contributed by atoms with van der Waals surface area (Å²) in [5.41, 5.74) is 1.04. The molecular formula is C22H21F2N5OS2. The molecule has 1 unspecified atom stereocenters. The summed E-state index contributed by atoms with van der Waals surface area (Å²) in [5.74, 6) is -1.19. The fraction of sp³-hybridized carbons (Fsp3) is 0.273. The van der Waals surface area contributed by atoms with Crippen molar-refractivity contribution in [3.63, 3.8) is 0 Å². The number of nitrogens with one attached hydrogen (secondary N) is 1. The molecule has 2 heterocycles. The van der Waals surface area contributed by atoms with Crippen molar-refractivity contribution in [2.45, 2.75) is 31.6 Å². The van der Waals surface area contributed by atoms with Gasteiger partial charge in [-0.3, -0.25) is 4.79 Å². The van der Waals surface area contributed by atoms with Crippen LogP contribution in [0.15, 0.2) is 53.6 Å². The average molecular weight is 474 g/mol. The van der Waals surface area contributed by atoms with Crippen molar-refractivity contribution in [2.24, 2.45) is 5.10 Å². The molecule has 1 aliphatic heterocycles. The second kappa shape index (κ2) is 9.33. The highest BCUT2D eigenvalue weighted by molar-refractivity contribution is 8.15. The van der Waals surface area contributed by atoms with Gasteiger partial charge in [0.2, 0.25) is 11.0 Å². The first-order valence-corrected chi connectivity index (χ1v) is 11.7. The fourth-order valence-electron chi connectivity index (χ4n) is 3.51. The minimum absolute atomic E-state index is 0.0981. The van der Waals surface area contributed by atoms with E-state index in [4.69, 9.17) is 5.10 Å². The average Bonchev–Trinajstić information content (AvgIpc) is 3.38. The SMILES string of the molecule is CC(=O)NCCCC1(c2ccccc2)SC(c2cc(F)ccc2F)=NN1c1nnc(C)s1. The van der Waals surface area contributed by atoms with Gasteiger partial charge in [0.25, 0.3) is 0 Å². The Bertz CT molecular complexity index is 1150. The van der Waals surface area contributed by atoms with Gasteiger partial charge in [-0.1, -0.05) is 53.4 Å². The molecule has 1 aliphatic rings. The lowest BCUT2D eigenvalue weighted by molar-refractivity contribution is -0.118. The summed E-state index contributed by atoms with van der Waals surface area (Å²) in [7, 11) is 0. The third-order valence-corrected chi connectivity index (χ3v) is 7.20. The number of aryl methyl sites for hydroxylation is 1. The van der Waals surface area contributed by atoms with Gasteiger partial charge in [-0.15, -0.1) is 10.2 Å². The number of thioether (sulfide) groups is 1. The van der Waals surface area contributed by atoms with Crippen LogP contribution in [0.5, 0.6) is 0 Å². The zero-order valence-electron chi connectivity index (χ0n) is 17.5. The Balaban J connectivity index is 1.80. The van der Waals surface area contributed by atoms with Crippen molar-refractivity contribution in [1.29, 1.82) is 0 Å². The molecule has 0 radical (unpaired) electrons. The number of carbonyl (C=O) groups excluding carboxylic acids is 1. The van der Waals surface area contributed by atoms with Crippen molar-refractivity contribution in [1.82, 2.24) is 15.5 Å². The number of hydrogen-bond acceptors (Lipinski definition) is 7. The number of halogens is 2. The number of hydrazone groups is 1. The van der Waals surface area contributed by atoms with Crippen molar-refractivity contribution in [2.75, 3.05) is 11.6 Å².